The van der Waals surface area contributed by atoms with Crippen molar-refractivity contribution < 1.29 is 24.2 Å². The van der Waals surface area contributed by atoms with Crippen molar-refractivity contribution in [2.75, 3.05) is 7.05 Å². The number of aliphatic carboxylic acids is 1. The van der Waals surface area contributed by atoms with Gasteiger partial charge >= 0.3 is 12.1 Å². The van der Waals surface area contributed by atoms with E-state index < -0.39 is 12.1 Å². The number of carbonyl (C=O) groups is 2. The second-order valence-corrected chi connectivity index (χ2v) is 9.73. The maximum Gasteiger partial charge on any atom is 0.410 e. The fourth-order valence-corrected chi connectivity index (χ4v) is 5.21. The highest BCUT2D eigenvalue weighted by atomic mass is 16.6. The van der Waals surface area contributed by atoms with Crippen molar-refractivity contribution >= 4 is 12.1 Å². The maximum absolute atomic E-state index is 12.6. The number of rotatable bonds is 7. The molecule has 0 spiro atoms. The number of carbonyl (C=O) groups excluding carboxylic acids is 1. The summed E-state index contributed by atoms with van der Waals surface area (Å²) in [7, 11) is 3.47. The second-order valence-electron chi connectivity index (χ2n) is 9.73. The van der Waals surface area contributed by atoms with Crippen LogP contribution in [0.3, 0.4) is 0 Å². The number of pyridine rings is 1. The minimum atomic E-state index is -0.781. The van der Waals surface area contributed by atoms with Crippen LogP contribution < -0.4 is 4.74 Å². The van der Waals surface area contributed by atoms with Crippen molar-refractivity contribution in [3.8, 4) is 23.1 Å². The molecule has 0 aromatic carbocycles. The molecule has 0 saturated heterocycles. The van der Waals surface area contributed by atoms with Gasteiger partial charge in [-0.25, -0.2) is 9.78 Å². The number of ether oxygens (including phenoxy) is 2. The van der Waals surface area contributed by atoms with Crippen molar-refractivity contribution in [2.24, 2.45) is 13.0 Å². The first kappa shape index (κ1) is 25.5. The van der Waals surface area contributed by atoms with Crippen LogP contribution >= 0.6 is 0 Å². The van der Waals surface area contributed by atoms with E-state index in [2.05, 4.69) is 16.2 Å². The van der Waals surface area contributed by atoms with Crippen LogP contribution in [0.15, 0.2) is 12.1 Å². The summed E-state index contributed by atoms with van der Waals surface area (Å²) < 4.78 is 13.3. The lowest BCUT2D eigenvalue weighted by Gasteiger charge is -2.27. The summed E-state index contributed by atoms with van der Waals surface area (Å²) >= 11 is 0. The van der Waals surface area contributed by atoms with E-state index >= 15 is 0 Å². The lowest BCUT2D eigenvalue weighted by molar-refractivity contribution is -0.143. The molecule has 0 aliphatic heterocycles. The van der Waals surface area contributed by atoms with E-state index in [1.807, 2.05) is 6.92 Å². The smallest absolute Gasteiger partial charge is 0.410 e. The topological polar surface area (TPSA) is 131 Å². The van der Waals surface area contributed by atoms with Gasteiger partial charge in [-0.05, 0) is 57.6 Å². The second kappa shape index (κ2) is 11.0. The van der Waals surface area contributed by atoms with Crippen LogP contribution in [0.25, 0.3) is 11.3 Å². The van der Waals surface area contributed by atoms with E-state index in [1.54, 1.807) is 35.8 Å². The molecular weight excluding hydrogens is 462 g/mol. The highest BCUT2D eigenvalue weighted by molar-refractivity contribution is 5.71. The van der Waals surface area contributed by atoms with Crippen molar-refractivity contribution in [1.29, 1.82) is 5.26 Å². The predicted octanol–water partition coefficient (Wildman–Crippen LogP) is 4.20. The molecule has 1 unspecified atom stereocenters. The Morgan fingerprint density at radius 1 is 1.22 bits per heavy atom. The van der Waals surface area contributed by atoms with E-state index in [9.17, 15) is 20.0 Å². The Morgan fingerprint density at radius 3 is 2.64 bits per heavy atom. The lowest BCUT2D eigenvalue weighted by atomic mass is 9.87. The number of amides is 1. The number of aromatic nitrogens is 3. The van der Waals surface area contributed by atoms with Gasteiger partial charge in [0.15, 0.2) is 5.69 Å². The summed E-state index contributed by atoms with van der Waals surface area (Å²) in [5, 5.41) is 23.3. The molecule has 2 fully saturated rings. The molecule has 10 nitrogen and oxygen atoms in total. The molecule has 4 rings (SSSR count). The van der Waals surface area contributed by atoms with E-state index in [0.717, 1.165) is 38.5 Å². The summed E-state index contributed by atoms with van der Waals surface area (Å²) in [6.07, 6.45) is 6.39. The Labute approximate surface area is 210 Å². The number of hydrogen-bond acceptors (Lipinski definition) is 7. The quantitative estimate of drug-likeness (QED) is 0.605. The molecule has 1 amide bonds. The molecule has 2 aliphatic carbocycles. The fraction of sp³-hybridized carbons (Fsp3) is 0.577. The first-order valence-corrected chi connectivity index (χ1v) is 12.5. The first-order chi connectivity index (χ1) is 17.3. The van der Waals surface area contributed by atoms with E-state index in [0.29, 0.717) is 41.2 Å². The van der Waals surface area contributed by atoms with Gasteiger partial charge in [-0.2, -0.15) is 10.4 Å². The summed E-state index contributed by atoms with van der Waals surface area (Å²) in [6, 6.07) is 5.86. The zero-order valence-electron chi connectivity index (χ0n) is 21.1. The van der Waals surface area contributed by atoms with Crippen molar-refractivity contribution in [3.05, 3.63) is 29.2 Å². The molecule has 0 bridgehead atoms. The maximum atomic E-state index is 12.6. The molecule has 2 saturated carbocycles. The number of carboxylic acids is 1. The third-order valence-electron chi connectivity index (χ3n) is 7.33. The van der Waals surface area contributed by atoms with Crippen LogP contribution in [-0.2, 0) is 23.2 Å². The van der Waals surface area contributed by atoms with Gasteiger partial charge in [-0.1, -0.05) is 12.8 Å². The van der Waals surface area contributed by atoms with Gasteiger partial charge in [0, 0.05) is 20.1 Å². The van der Waals surface area contributed by atoms with Crippen LogP contribution in [0.5, 0.6) is 5.75 Å². The minimum Gasteiger partial charge on any atom is -0.489 e. The van der Waals surface area contributed by atoms with E-state index in [4.69, 9.17) is 9.47 Å². The van der Waals surface area contributed by atoms with Gasteiger partial charge in [-0.15, -0.1) is 0 Å². The van der Waals surface area contributed by atoms with Crippen molar-refractivity contribution in [1.82, 2.24) is 19.7 Å². The molecule has 192 valence electrons. The molecule has 2 aromatic rings. The zero-order valence-corrected chi connectivity index (χ0v) is 21.1. The zero-order chi connectivity index (χ0) is 25.8. The Bertz CT molecular complexity index is 1160. The average Bonchev–Trinajstić information content (AvgIpc) is 3.51. The normalized spacial score (nSPS) is 20.1. The average molecular weight is 496 g/mol. The van der Waals surface area contributed by atoms with Gasteiger partial charge in [0.2, 0.25) is 0 Å². The Kier molecular flexibility index (Phi) is 7.77. The SMILES string of the molecule is Cc1nc(-c2c(C#N)nn(C)c2COC(=O)N(C)C2CCCC2)ccc1O[C@H]1CCCC(C(=O)O)C1. The van der Waals surface area contributed by atoms with Gasteiger partial charge in [0.05, 0.1) is 34.7 Å². The molecule has 36 heavy (non-hydrogen) atoms. The van der Waals surface area contributed by atoms with E-state index in [1.165, 1.54) is 0 Å². The molecule has 2 aliphatic rings. The largest absolute Gasteiger partial charge is 0.489 e. The van der Waals surface area contributed by atoms with Gasteiger partial charge in [0.1, 0.15) is 18.4 Å². The fourth-order valence-electron chi connectivity index (χ4n) is 5.21. The molecule has 10 heteroatoms. The standard InChI is InChI=1S/C26H33N5O5/c1-16-23(36-19-10-6-7-17(13-19)25(32)33)12-11-20(28-16)24-21(14-27)29-31(3)22(24)15-35-26(34)30(2)18-8-4-5-9-18/h11-12,17-19H,4-10,13,15H2,1-3H3,(H,32,33)/t17?,19-/m0/s1. The highest BCUT2D eigenvalue weighted by Crippen LogP contribution is 2.32. The first-order valence-electron chi connectivity index (χ1n) is 12.5. The molecule has 2 heterocycles. The van der Waals surface area contributed by atoms with Crippen molar-refractivity contribution in [3.63, 3.8) is 0 Å². The number of nitrogens with zero attached hydrogens (tertiary/aromatic N) is 5. The predicted molar refractivity (Wildman–Crippen MR) is 130 cm³/mol. The van der Waals surface area contributed by atoms with Gasteiger partial charge < -0.3 is 19.5 Å². The molecular formula is C26H33N5O5. The number of carboxylic acid groups (broad SMARTS) is 1. The molecule has 0 radical (unpaired) electrons. The highest BCUT2D eigenvalue weighted by Gasteiger charge is 2.29. The molecule has 1 N–H and O–H groups in total. The van der Waals surface area contributed by atoms with Crippen LogP contribution in [0.4, 0.5) is 4.79 Å². The lowest BCUT2D eigenvalue weighted by Crippen LogP contribution is -2.35. The van der Waals surface area contributed by atoms with Gasteiger partial charge in [0.25, 0.3) is 0 Å². The molecule has 2 atom stereocenters. The Hall–Kier alpha value is -3.61. The van der Waals surface area contributed by atoms with Crippen LogP contribution in [-0.4, -0.2) is 56.0 Å². The van der Waals surface area contributed by atoms with Crippen LogP contribution in [0, 0.1) is 24.2 Å². The number of nitriles is 1. The Balaban J connectivity index is 1.51. The van der Waals surface area contributed by atoms with E-state index in [-0.39, 0.29) is 30.4 Å². The third kappa shape index (κ3) is 5.45. The van der Waals surface area contributed by atoms with Crippen molar-refractivity contribution in [2.45, 2.75) is 77.0 Å². The summed E-state index contributed by atoms with van der Waals surface area (Å²) in [5.41, 5.74) is 2.46. The summed E-state index contributed by atoms with van der Waals surface area (Å²) in [4.78, 5) is 30.3. The third-order valence-corrected chi connectivity index (χ3v) is 7.33. The van der Waals surface area contributed by atoms with Crippen LogP contribution in [0.1, 0.15) is 68.4 Å². The van der Waals surface area contributed by atoms with Gasteiger partial charge in [-0.3, -0.25) is 9.48 Å². The minimum absolute atomic E-state index is 0.0337. The monoisotopic (exact) mass is 495 g/mol. The Morgan fingerprint density at radius 2 is 1.97 bits per heavy atom. The van der Waals surface area contributed by atoms with Crippen LogP contribution in [0.2, 0.25) is 0 Å². The summed E-state index contributed by atoms with van der Waals surface area (Å²) in [5.74, 6) is -0.581. The number of hydrogen-bond donors (Lipinski definition) is 1. The number of aryl methyl sites for hydroxylation is 2. The summed E-state index contributed by atoms with van der Waals surface area (Å²) in [6.45, 7) is 1.78. The molecule has 2 aromatic heterocycles.